The van der Waals surface area contributed by atoms with Gasteiger partial charge in [-0.3, -0.25) is 0 Å². The van der Waals surface area contributed by atoms with E-state index < -0.39 is 10.1 Å². The third-order valence-corrected chi connectivity index (χ3v) is 2.54. The second kappa shape index (κ2) is 12.8. The Labute approximate surface area is 108 Å². The molecule has 0 bridgehead atoms. The van der Waals surface area contributed by atoms with Gasteiger partial charge in [-0.15, -0.1) is 0 Å². The van der Waals surface area contributed by atoms with Crippen LogP contribution in [0.1, 0.15) is 26.7 Å². The maximum atomic E-state index is 10.3. The van der Waals surface area contributed by atoms with Gasteiger partial charge in [0.1, 0.15) is 0 Å². The molecule has 0 spiro atoms. The van der Waals surface area contributed by atoms with Crippen LogP contribution in [-0.4, -0.2) is 43.7 Å². The van der Waals surface area contributed by atoms with E-state index in [0.717, 1.165) is 0 Å². The molecule has 0 heterocycles. The quantitative estimate of drug-likeness (QED) is 0.451. The van der Waals surface area contributed by atoms with Crippen LogP contribution in [0.15, 0.2) is 0 Å². The molecule has 7 heteroatoms. The Hall–Kier alpha value is 0.750. The van der Waals surface area contributed by atoms with Gasteiger partial charge in [0.25, 0.3) is 10.1 Å². The molecule has 0 aromatic rings. The van der Waals surface area contributed by atoms with Gasteiger partial charge in [0.15, 0.2) is 0 Å². The van der Waals surface area contributed by atoms with Crippen LogP contribution in [0.5, 0.6) is 0 Å². The predicted octanol–water partition coefficient (Wildman–Crippen LogP) is 1.13. The molecule has 0 N–H and O–H groups in total. The molecule has 0 amide bonds. The maximum absolute atomic E-state index is 10.3. The fraction of sp³-hybridized carbons (Fsp3) is 0.833. The summed E-state index contributed by atoms with van der Waals surface area (Å²) in [6.07, 6.45) is 1.18. The van der Waals surface area contributed by atoms with Gasteiger partial charge in [-0.1, -0.05) is 13.8 Å². The summed E-state index contributed by atoms with van der Waals surface area (Å²) in [5.74, 6) is 0.0382. The standard InChI is InChI=1S/C3H5N.C3H8O3S2.Na/c1-2-3-4;1-2-3-8(4,5)6-7;/h2H2,1H3;7H,2-3H2,1H3;. The first kappa shape index (κ1) is 19.3. The van der Waals surface area contributed by atoms with Crippen molar-refractivity contribution in [2.24, 2.45) is 0 Å². The van der Waals surface area contributed by atoms with Crippen molar-refractivity contribution in [3.63, 3.8) is 0 Å². The van der Waals surface area contributed by atoms with Gasteiger partial charge >= 0.3 is 0 Å². The van der Waals surface area contributed by atoms with E-state index in [0.29, 0.717) is 12.8 Å². The van der Waals surface area contributed by atoms with E-state index in [1.807, 2.05) is 13.0 Å². The van der Waals surface area contributed by atoms with Gasteiger partial charge in [0.05, 0.1) is 11.8 Å². The number of hydrogen-bond donors (Lipinski definition) is 1. The van der Waals surface area contributed by atoms with Crippen molar-refractivity contribution in [1.29, 1.82) is 5.26 Å². The number of nitriles is 1. The Bertz CT molecular complexity index is 223. The van der Waals surface area contributed by atoms with Gasteiger partial charge in [-0.05, 0) is 19.3 Å². The van der Waals surface area contributed by atoms with E-state index in [1.165, 1.54) is 0 Å². The Morgan fingerprint density at radius 3 is 1.92 bits per heavy atom. The van der Waals surface area contributed by atoms with Crippen molar-refractivity contribution in [2.45, 2.75) is 26.7 Å². The van der Waals surface area contributed by atoms with E-state index in [1.54, 1.807) is 6.92 Å². The minimum atomic E-state index is -3.31. The van der Waals surface area contributed by atoms with Crippen LogP contribution in [0, 0.1) is 11.3 Å². The zero-order chi connectivity index (χ0) is 10.0. The van der Waals surface area contributed by atoms with Crippen LogP contribution in [0.2, 0.25) is 0 Å². The maximum Gasteiger partial charge on any atom is 0.277 e. The van der Waals surface area contributed by atoms with Gasteiger partial charge in [0, 0.05) is 36.0 Å². The number of nitrogens with zero attached hydrogens (tertiary/aromatic N) is 1. The molecular weight excluding hydrogens is 221 g/mol. The minimum absolute atomic E-state index is 0. The largest absolute Gasteiger partial charge is 0.277 e. The first-order valence-electron chi connectivity index (χ1n) is 3.46. The third-order valence-electron chi connectivity index (χ3n) is 0.726. The molecule has 4 nitrogen and oxygen atoms in total. The fourth-order valence-corrected chi connectivity index (χ4v) is 1.09. The summed E-state index contributed by atoms with van der Waals surface area (Å²) < 4.78 is 24.4. The number of rotatable bonds is 3. The first-order chi connectivity index (χ1) is 5.54. The molecule has 0 aliphatic rings. The first-order valence-corrected chi connectivity index (χ1v) is 5.41. The molecule has 0 aromatic carbocycles. The fourth-order valence-electron chi connectivity index (χ4n) is 0.287. The second-order valence-corrected chi connectivity index (χ2v) is 3.97. The van der Waals surface area contributed by atoms with Crippen molar-refractivity contribution in [1.82, 2.24) is 0 Å². The van der Waals surface area contributed by atoms with Crippen LogP contribution < -0.4 is 0 Å². The summed E-state index contributed by atoms with van der Waals surface area (Å²) in [6.45, 7) is 3.57. The summed E-state index contributed by atoms with van der Waals surface area (Å²) in [5, 5.41) is 7.62. The summed E-state index contributed by atoms with van der Waals surface area (Å²) in [7, 11) is -3.31. The summed E-state index contributed by atoms with van der Waals surface area (Å²) in [5.41, 5.74) is 0. The average molecular weight is 234 g/mol. The summed E-state index contributed by atoms with van der Waals surface area (Å²) in [6, 6.07) is 1.93. The Kier molecular flexibility index (Phi) is 19.0. The zero-order valence-electron chi connectivity index (χ0n) is 8.15. The van der Waals surface area contributed by atoms with E-state index in [-0.39, 0.29) is 35.3 Å². The molecular formula is C6H13NNaO3S2. The molecule has 73 valence electrons. The minimum Gasteiger partial charge on any atom is -0.201 e. The third kappa shape index (κ3) is 19.2. The Morgan fingerprint density at radius 1 is 1.46 bits per heavy atom. The molecule has 0 fully saturated rings. The molecule has 1 radical (unpaired) electrons. The summed E-state index contributed by atoms with van der Waals surface area (Å²) in [4.78, 5) is 0. The summed E-state index contributed by atoms with van der Waals surface area (Å²) >= 11 is 3.15. The molecule has 0 saturated carbocycles. The number of thiol groups is 1. The second-order valence-electron chi connectivity index (χ2n) is 1.85. The van der Waals surface area contributed by atoms with Gasteiger partial charge in [-0.2, -0.15) is 13.7 Å². The van der Waals surface area contributed by atoms with Crippen molar-refractivity contribution < 1.29 is 12.0 Å². The Morgan fingerprint density at radius 2 is 1.85 bits per heavy atom. The van der Waals surface area contributed by atoms with Crippen LogP contribution in [0.4, 0.5) is 0 Å². The Balaban J connectivity index is -0.000000173. The van der Waals surface area contributed by atoms with E-state index >= 15 is 0 Å². The average Bonchev–Trinajstić information content (AvgIpc) is 2.05. The molecule has 0 unspecified atom stereocenters. The van der Waals surface area contributed by atoms with E-state index in [2.05, 4.69) is 16.5 Å². The van der Waals surface area contributed by atoms with E-state index in [9.17, 15) is 8.42 Å². The smallest absolute Gasteiger partial charge is 0.201 e. The van der Waals surface area contributed by atoms with Crippen LogP contribution in [0.3, 0.4) is 0 Å². The van der Waals surface area contributed by atoms with Gasteiger partial charge in [0.2, 0.25) is 0 Å². The molecule has 0 saturated heterocycles. The number of hydrogen-bond acceptors (Lipinski definition) is 5. The zero-order valence-corrected chi connectivity index (χ0v) is 11.9. The molecule has 13 heavy (non-hydrogen) atoms. The molecule has 0 aromatic heterocycles. The van der Waals surface area contributed by atoms with Gasteiger partial charge < -0.3 is 0 Å². The monoisotopic (exact) mass is 234 g/mol. The van der Waals surface area contributed by atoms with Crippen LogP contribution in [0.25, 0.3) is 0 Å². The topological polar surface area (TPSA) is 67.2 Å². The van der Waals surface area contributed by atoms with Crippen molar-refractivity contribution in [3.05, 3.63) is 0 Å². The molecule has 0 atom stereocenters. The van der Waals surface area contributed by atoms with Crippen molar-refractivity contribution in [3.8, 4) is 6.07 Å². The van der Waals surface area contributed by atoms with Crippen molar-refractivity contribution in [2.75, 3.05) is 5.75 Å². The normalized spacial score (nSPS) is 8.77. The molecule has 0 rings (SSSR count). The van der Waals surface area contributed by atoms with Gasteiger partial charge in [-0.25, -0.2) is 3.63 Å². The predicted molar refractivity (Wildman–Crippen MR) is 55.8 cm³/mol. The van der Waals surface area contributed by atoms with Crippen LogP contribution in [-0.2, 0) is 13.7 Å². The van der Waals surface area contributed by atoms with E-state index in [4.69, 9.17) is 5.26 Å². The van der Waals surface area contributed by atoms with Crippen molar-refractivity contribution >= 4 is 52.6 Å². The van der Waals surface area contributed by atoms with Crippen LogP contribution >= 0.6 is 12.9 Å². The SMILES string of the molecule is CCC#N.CCCS(=O)(=O)OS.[Na]. The molecule has 0 aliphatic carbocycles. The molecule has 0 aliphatic heterocycles.